The highest BCUT2D eigenvalue weighted by atomic mass is 16.5. The van der Waals surface area contributed by atoms with Crippen molar-refractivity contribution in [1.29, 1.82) is 0 Å². The van der Waals surface area contributed by atoms with Gasteiger partial charge in [0.2, 0.25) is 0 Å². The van der Waals surface area contributed by atoms with Gasteiger partial charge >= 0.3 is 0 Å². The second-order valence-electron chi connectivity index (χ2n) is 4.99. The molecule has 2 saturated heterocycles. The van der Waals surface area contributed by atoms with Crippen LogP contribution in [0, 0.1) is 11.3 Å². The first-order valence-corrected chi connectivity index (χ1v) is 5.65. The third-order valence-electron chi connectivity index (χ3n) is 3.23. The zero-order valence-electron chi connectivity index (χ0n) is 9.05. The van der Waals surface area contributed by atoms with E-state index in [9.17, 15) is 0 Å². The molecule has 2 aliphatic rings. The van der Waals surface area contributed by atoms with Gasteiger partial charge in [0.25, 0.3) is 0 Å². The molecule has 2 heterocycles. The van der Waals surface area contributed by atoms with E-state index in [0.717, 1.165) is 45.4 Å². The lowest BCUT2D eigenvalue weighted by Gasteiger charge is -2.38. The van der Waals surface area contributed by atoms with Crippen molar-refractivity contribution >= 4 is 0 Å². The SMILES string of the molecule is CC1(CNCC2CCOCC2)COC1. The van der Waals surface area contributed by atoms with Gasteiger partial charge < -0.3 is 14.8 Å². The van der Waals surface area contributed by atoms with Crippen LogP contribution in [-0.4, -0.2) is 39.5 Å². The molecule has 2 fully saturated rings. The van der Waals surface area contributed by atoms with Crippen LogP contribution in [-0.2, 0) is 9.47 Å². The summed E-state index contributed by atoms with van der Waals surface area (Å²) in [6.07, 6.45) is 2.44. The molecule has 2 rings (SSSR count). The van der Waals surface area contributed by atoms with E-state index in [2.05, 4.69) is 12.2 Å². The molecule has 0 amide bonds. The predicted octanol–water partition coefficient (Wildman–Crippen LogP) is 1.04. The second kappa shape index (κ2) is 4.60. The zero-order chi connectivity index (χ0) is 9.86. The van der Waals surface area contributed by atoms with Gasteiger partial charge in [-0.15, -0.1) is 0 Å². The first kappa shape index (κ1) is 10.4. The first-order chi connectivity index (χ1) is 6.79. The van der Waals surface area contributed by atoms with Crippen LogP contribution in [0.1, 0.15) is 19.8 Å². The van der Waals surface area contributed by atoms with Crippen molar-refractivity contribution in [2.75, 3.05) is 39.5 Å². The smallest absolute Gasteiger partial charge is 0.0554 e. The topological polar surface area (TPSA) is 30.5 Å². The maximum atomic E-state index is 5.33. The Balaban J connectivity index is 1.57. The van der Waals surface area contributed by atoms with Gasteiger partial charge in [-0.25, -0.2) is 0 Å². The van der Waals surface area contributed by atoms with Gasteiger partial charge in [0, 0.05) is 25.2 Å². The molecule has 0 aromatic carbocycles. The molecule has 0 radical (unpaired) electrons. The minimum absolute atomic E-state index is 0.408. The van der Waals surface area contributed by atoms with E-state index < -0.39 is 0 Å². The maximum absolute atomic E-state index is 5.33. The van der Waals surface area contributed by atoms with Crippen molar-refractivity contribution in [2.24, 2.45) is 11.3 Å². The Hall–Kier alpha value is -0.120. The van der Waals surface area contributed by atoms with E-state index in [1.54, 1.807) is 0 Å². The maximum Gasteiger partial charge on any atom is 0.0554 e. The Morgan fingerprint density at radius 3 is 2.50 bits per heavy atom. The molecule has 0 aromatic rings. The van der Waals surface area contributed by atoms with Gasteiger partial charge in [0.05, 0.1) is 13.2 Å². The van der Waals surface area contributed by atoms with Crippen LogP contribution in [0.2, 0.25) is 0 Å². The minimum atomic E-state index is 0.408. The average Bonchev–Trinajstić information content (AvgIpc) is 2.17. The lowest BCUT2D eigenvalue weighted by atomic mass is 9.88. The standard InChI is InChI=1S/C11H21NO2/c1-11(8-14-9-11)7-12-6-10-2-4-13-5-3-10/h10,12H,2-9H2,1H3. The Kier molecular flexibility index (Phi) is 3.42. The van der Waals surface area contributed by atoms with E-state index in [1.165, 1.54) is 12.8 Å². The van der Waals surface area contributed by atoms with Crippen molar-refractivity contribution in [3.05, 3.63) is 0 Å². The fraction of sp³-hybridized carbons (Fsp3) is 1.00. The summed E-state index contributed by atoms with van der Waals surface area (Å²) in [7, 11) is 0. The molecule has 0 saturated carbocycles. The monoisotopic (exact) mass is 199 g/mol. The number of ether oxygens (including phenoxy) is 2. The molecule has 0 aromatic heterocycles. The van der Waals surface area contributed by atoms with Crippen molar-refractivity contribution in [3.63, 3.8) is 0 Å². The number of hydrogen-bond acceptors (Lipinski definition) is 3. The van der Waals surface area contributed by atoms with Gasteiger partial charge in [-0.2, -0.15) is 0 Å². The molecule has 2 aliphatic heterocycles. The molecule has 0 spiro atoms. The highest BCUT2D eigenvalue weighted by molar-refractivity contribution is 4.83. The largest absolute Gasteiger partial charge is 0.381 e. The van der Waals surface area contributed by atoms with E-state index in [0.29, 0.717) is 5.41 Å². The Morgan fingerprint density at radius 2 is 1.93 bits per heavy atom. The van der Waals surface area contributed by atoms with Crippen LogP contribution in [0.3, 0.4) is 0 Å². The third kappa shape index (κ3) is 2.69. The molecule has 0 aliphatic carbocycles. The number of nitrogens with one attached hydrogen (secondary N) is 1. The normalized spacial score (nSPS) is 27.2. The summed E-state index contributed by atoms with van der Waals surface area (Å²) in [5.74, 6) is 0.827. The molecular formula is C11H21NO2. The molecule has 0 unspecified atom stereocenters. The van der Waals surface area contributed by atoms with Crippen molar-refractivity contribution in [1.82, 2.24) is 5.32 Å². The Labute approximate surface area is 86.2 Å². The molecule has 1 N–H and O–H groups in total. The highest BCUT2D eigenvalue weighted by Gasteiger charge is 2.32. The average molecular weight is 199 g/mol. The zero-order valence-corrected chi connectivity index (χ0v) is 9.05. The van der Waals surface area contributed by atoms with Crippen molar-refractivity contribution in [3.8, 4) is 0 Å². The van der Waals surface area contributed by atoms with Gasteiger partial charge in [0.15, 0.2) is 0 Å². The summed E-state index contributed by atoms with van der Waals surface area (Å²) >= 11 is 0. The summed E-state index contributed by atoms with van der Waals surface area (Å²) in [5.41, 5.74) is 0.408. The van der Waals surface area contributed by atoms with Gasteiger partial charge in [0.1, 0.15) is 0 Å². The molecule has 82 valence electrons. The summed E-state index contributed by atoms with van der Waals surface area (Å²) in [5, 5.41) is 3.56. The summed E-state index contributed by atoms with van der Waals surface area (Å²) < 4.78 is 10.6. The molecule has 0 atom stereocenters. The van der Waals surface area contributed by atoms with Crippen LogP contribution in [0.25, 0.3) is 0 Å². The second-order valence-corrected chi connectivity index (χ2v) is 4.99. The van der Waals surface area contributed by atoms with Gasteiger partial charge in [-0.1, -0.05) is 6.92 Å². The summed E-state index contributed by atoms with van der Waals surface area (Å²) in [4.78, 5) is 0. The molecular weight excluding hydrogens is 178 g/mol. The van der Waals surface area contributed by atoms with Crippen LogP contribution in [0.15, 0.2) is 0 Å². The van der Waals surface area contributed by atoms with E-state index in [1.807, 2.05) is 0 Å². The van der Waals surface area contributed by atoms with Crippen molar-refractivity contribution in [2.45, 2.75) is 19.8 Å². The van der Waals surface area contributed by atoms with Crippen LogP contribution in [0.5, 0.6) is 0 Å². The molecule has 3 heteroatoms. The third-order valence-corrected chi connectivity index (χ3v) is 3.23. The van der Waals surface area contributed by atoms with Crippen LogP contribution >= 0.6 is 0 Å². The fourth-order valence-corrected chi connectivity index (χ4v) is 2.08. The van der Waals surface area contributed by atoms with Gasteiger partial charge in [-0.3, -0.25) is 0 Å². The van der Waals surface area contributed by atoms with E-state index >= 15 is 0 Å². The lowest BCUT2D eigenvalue weighted by Crippen LogP contribution is -2.48. The predicted molar refractivity (Wildman–Crippen MR) is 55.3 cm³/mol. The summed E-state index contributed by atoms with van der Waals surface area (Å²) in [6, 6.07) is 0. The number of hydrogen-bond donors (Lipinski definition) is 1. The summed E-state index contributed by atoms with van der Waals surface area (Å²) in [6.45, 7) is 8.29. The van der Waals surface area contributed by atoms with Crippen LogP contribution < -0.4 is 5.32 Å². The molecule has 3 nitrogen and oxygen atoms in total. The van der Waals surface area contributed by atoms with Gasteiger partial charge in [-0.05, 0) is 25.3 Å². The van der Waals surface area contributed by atoms with Crippen molar-refractivity contribution < 1.29 is 9.47 Å². The lowest BCUT2D eigenvalue weighted by molar-refractivity contribution is -0.0994. The van der Waals surface area contributed by atoms with E-state index in [-0.39, 0.29) is 0 Å². The minimum Gasteiger partial charge on any atom is -0.381 e. The van der Waals surface area contributed by atoms with Crippen LogP contribution in [0.4, 0.5) is 0 Å². The Bertz CT molecular complexity index is 174. The Morgan fingerprint density at radius 1 is 1.21 bits per heavy atom. The molecule has 14 heavy (non-hydrogen) atoms. The number of rotatable bonds is 4. The van der Waals surface area contributed by atoms with E-state index in [4.69, 9.17) is 9.47 Å². The molecule has 0 bridgehead atoms. The first-order valence-electron chi connectivity index (χ1n) is 5.65. The highest BCUT2D eigenvalue weighted by Crippen LogP contribution is 2.25. The fourth-order valence-electron chi connectivity index (χ4n) is 2.08. The quantitative estimate of drug-likeness (QED) is 0.734.